The van der Waals surface area contributed by atoms with Gasteiger partial charge in [-0.15, -0.1) is 0 Å². The van der Waals surface area contributed by atoms with Crippen LogP contribution in [0.4, 0.5) is 0 Å². The maximum Gasteiger partial charge on any atom is 0.538 e. The molecule has 0 aliphatic heterocycles. The van der Waals surface area contributed by atoms with Crippen LogP contribution >= 0.6 is 0 Å². The Bertz CT molecular complexity index is 313. The molecule has 0 heterocycles. The molecule has 0 amide bonds. The van der Waals surface area contributed by atoms with Gasteiger partial charge in [0.2, 0.25) is 0 Å². The van der Waals surface area contributed by atoms with Crippen molar-refractivity contribution in [3.8, 4) is 0 Å². The van der Waals surface area contributed by atoms with E-state index in [0.29, 0.717) is 13.2 Å². The second-order valence-electron chi connectivity index (χ2n) is 3.61. The molecule has 0 aromatic heterocycles. The van der Waals surface area contributed by atoms with E-state index in [1.807, 2.05) is 44.2 Å². The fraction of sp³-hybridized carbons (Fsp3) is 0.500. The molecule has 4 nitrogen and oxygen atoms in total. The number of hydrogen-bond acceptors (Lipinski definition) is 4. The summed E-state index contributed by atoms with van der Waals surface area (Å²) in [5.41, 5.74) is 5.73. The first kappa shape index (κ1) is 14.3. The molecule has 0 saturated carbocycles. The van der Waals surface area contributed by atoms with E-state index in [2.05, 4.69) is 0 Å². The summed E-state index contributed by atoms with van der Waals surface area (Å²) in [6.07, 6.45) is -0.417. The fourth-order valence-electron chi connectivity index (χ4n) is 1.61. The van der Waals surface area contributed by atoms with Crippen molar-refractivity contribution in [1.82, 2.24) is 0 Å². The van der Waals surface area contributed by atoms with Gasteiger partial charge in [-0.05, 0) is 20.8 Å². The Labute approximate surface area is 104 Å². The van der Waals surface area contributed by atoms with Crippen molar-refractivity contribution in [3.05, 3.63) is 30.3 Å². The molecule has 0 aliphatic carbocycles. The van der Waals surface area contributed by atoms with Crippen molar-refractivity contribution in [2.75, 3.05) is 13.2 Å². The smallest absolute Gasteiger partial charge is 0.370 e. The SMILES string of the molecule is CCO[Si](OCC)(OC(C)N)c1ccccc1. The van der Waals surface area contributed by atoms with Gasteiger partial charge in [0, 0.05) is 18.4 Å². The second kappa shape index (κ2) is 6.88. The highest BCUT2D eigenvalue weighted by Gasteiger charge is 2.44. The van der Waals surface area contributed by atoms with Crippen molar-refractivity contribution in [2.24, 2.45) is 5.73 Å². The Kier molecular flexibility index (Phi) is 5.80. The zero-order valence-electron chi connectivity index (χ0n) is 10.7. The molecular weight excluding hydrogens is 234 g/mol. The lowest BCUT2D eigenvalue weighted by atomic mass is 10.4. The van der Waals surface area contributed by atoms with Crippen LogP contribution in [0.1, 0.15) is 20.8 Å². The lowest BCUT2D eigenvalue weighted by Crippen LogP contribution is -2.59. The molecule has 5 heteroatoms. The summed E-state index contributed by atoms with van der Waals surface area (Å²) in [6, 6.07) is 9.76. The Morgan fingerprint density at radius 1 is 1.12 bits per heavy atom. The average molecular weight is 255 g/mol. The molecule has 1 unspecified atom stereocenters. The van der Waals surface area contributed by atoms with E-state index < -0.39 is 15.0 Å². The Morgan fingerprint density at radius 3 is 2.06 bits per heavy atom. The van der Waals surface area contributed by atoms with Gasteiger partial charge in [-0.1, -0.05) is 30.3 Å². The molecule has 96 valence electrons. The minimum Gasteiger partial charge on any atom is -0.370 e. The summed E-state index contributed by atoms with van der Waals surface area (Å²) in [6.45, 7) is 6.70. The van der Waals surface area contributed by atoms with Crippen LogP contribution in [0.15, 0.2) is 30.3 Å². The zero-order chi connectivity index (χ0) is 12.7. The van der Waals surface area contributed by atoms with Gasteiger partial charge in [0.25, 0.3) is 0 Å². The molecule has 0 aliphatic rings. The molecule has 0 spiro atoms. The van der Waals surface area contributed by atoms with Crippen LogP contribution in [0.2, 0.25) is 0 Å². The molecule has 1 rings (SSSR count). The van der Waals surface area contributed by atoms with Crippen LogP contribution in [0.25, 0.3) is 0 Å². The third kappa shape index (κ3) is 3.90. The topological polar surface area (TPSA) is 53.7 Å². The van der Waals surface area contributed by atoms with Gasteiger partial charge in [-0.2, -0.15) is 0 Å². The number of rotatable bonds is 7. The molecular formula is C12H21NO3Si. The fourth-order valence-corrected chi connectivity index (χ4v) is 4.15. The van der Waals surface area contributed by atoms with Crippen molar-refractivity contribution < 1.29 is 13.3 Å². The predicted octanol–water partition coefficient (Wildman–Crippen LogP) is 1.23. The summed E-state index contributed by atoms with van der Waals surface area (Å²) in [5, 5.41) is 0.945. The third-order valence-electron chi connectivity index (χ3n) is 2.14. The minimum atomic E-state index is -2.86. The van der Waals surface area contributed by atoms with Gasteiger partial charge < -0.3 is 19.0 Å². The van der Waals surface area contributed by atoms with Gasteiger partial charge in [0.15, 0.2) is 0 Å². The van der Waals surface area contributed by atoms with Crippen molar-refractivity contribution in [3.63, 3.8) is 0 Å². The van der Waals surface area contributed by atoms with Crippen LogP contribution < -0.4 is 10.9 Å². The van der Waals surface area contributed by atoms with Crippen LogP contribution in [0, 0.1) is 0 Å². The maximum atomic E-state index is 5.78. The molecule has 0 fully saturated rings. The van der Waals surface area contributed by atoms with Crippen LogP contribution in [0.3, 0.4) is 0 Å². The minimum absolute atomic E-state index is 0.417. The van der Waals surface area contributed by atoms with E-state index >= 15 is 0 Å². The second-order valence-corrected chi connectivity index (χ2v) is 6.11. The summed E-state index contributed by atoms with van der Waals surface area (Å²) in [7, 11) is -2.86. The van der Waals surface area contributed by atoms with Crippen LogP contribution in [0.5, 0.6) is 0 Å². The summed E-state index contributed by atoms with van der Waals surface area (Å²) in [5.74, 6) is 0. The molecule has 0 bridgehead atoms. The first-order valence-corrected chi connectivity index (χ1v) is 7.64. The molecule has 1 aromatic rings. The zero-order valence-corrected chi connectivity index (χ0v) is 11.7. The molecule has 1 atom stereocenters. The molecule has 2 N–H and O–H groups in total. The standard InChI is InChI=1S/C12H21NO3Si/c1-4-14-17(15-5-2,16-11(3)13)12-9-7-6-8-10-12/h6-11H,4-5,13H2,1-3H3. The number of benzene rings is 1. The van der Waals surface area contributed by atoms with Crippen molar-refractivity contribution >= 4 is 14.0 Å². The quantitative estimate of drug-likeness (QED) is 0.588. The van der Waals surface area contributed by atoms with Crippen LogP contribution in [-0.2, 0) is 13.3 Å². The predicted molar refractivity (Wildman–Crippen MR) is 69.8 cm³/mol. The number of nitrogens with two attached hydrogens (primary N) is 1. The van der Waals surface area contributed by atoms with E-state index in [-0.39, 0.29) is 0 Å². The first-order valence-electron chi connectivity index (χ1n) is 5.91. The van der Waals surface area contributed by atoms with E-state index in [0.717, 1.165) is 5.19 Å². The highest BCUT2D eigenvalue weighted by molar-refractivity contribution is 6.75. The summed E-state index contributed by atoms with van der Waals surface area (Å²) < 4.78 is 17.3. The highest BCUT2D eigenvalue weighted by atomic mass is 28.4. The van der Waals surface area contributed by atoms with Crippen molar-refractivity contribution in [1.29, 1.82) is 0 Å². The maximum absolute atomic E-state index is 5.78. The highest BCUT2D eigenvalue weighted by Crippen LogP contribution is 2.12. The van der Waals surface area contributed by atoms with Crippen molar-refractivity contribution in [2.45, 2.75) is 27.0 Å². The molecule has 0 saturated heterocycles. The van der Waals surface area contributed by atoms with Gasteiger partial charge in [-0.3, -0.25) is 0 Å². The van der Waals surface area contributed by atoms with Gasteiger partial charge in [-0.25, -0.2) is 0 Å². The average Bonchev–Trinajstić information content (AvgIpc) is 2.30. The Balaban J connectivity index is 3.04. The largest absolute Gasteiger partial charge is 0.538 e. The third-order valence-corrected chi connectivity index (χ3v) is 5.20. The summed E-state index contributed by atoms with van der Waals surface area (Å²) in [4.78, 5) is 0. The van der Waals surface area contributed by atoms with Gasteiger partial charge in [0.1, 0.15) is 0 Å². The van der Waals surface area contributed by atoms with E-state index in [4.69, 9.17) is 19.0 Å². The number of hydrogen-bond donors (Lipinski definition) is 1. The van der Waals surface area contributed by atoms with E-state index in [9.17, 15) is 0 Å². The van der Waals surface area contributed by atoms with Gasteiger partial charge in [0.05, 0.1) is 6.23 Å². The lowest BCUT2D eigenvalue weighted by Gasteiger charge is -2.30. The molecule has 1 aromatic carbocycles. The van der Waals surface area contributed by atoms with Gasteiger partial charge >= 0.3 is 8.80 Å². The summed E-state index contributed by atoms with van der Waals surface area (Å²) >= 11 is 0. The Morgan fingerprint density at radius 2 is 1.65 bits per heavy atom. The Hall–Kier alpha value is -0.723. The lowest BCUT2D eigenvalue weighted by molar-refractivity contribution is 0.0536. The first-order chi connectivity index (χ1) is 8.14. The molecule has 0 radical (unpaired) electrons. The van der Waals surface area contributed by atoms with E-state index in [1.54, 1.807) is 6.92 Å². The van der Waals surface area contributed by atoms with Crippen LogP contribution in [-0.4, -0.2) is 28.2 Å². The monoisotopic (exact) mass is 255 g/mol. The van der Waals surface area contributed by atoms with E-state index in [1.165, 1.54) is 0 Å². The molecule has 17 heavy (non-hydrogen) atoms. The normalized spacial score (nSPS) is 13.6.